The average Bonchev–Trinajstić information content (AvgIpc) is 3.19. The van der Waals surface area contributed by atoms with Gasteiger partial charge in [-0.2, -0.15) is 0 Å². The van der Waals surface area contributed by atoms with Crippen LogP contribution >= 0.6 is 39.0 Å². The van der Waals surface area contributed by atoms with Gasteiger partial charge in [-0.3, -0.25) is 14.2 Å². The number of fused-ring (bicyclic) bond motifs is 3. The van der Waals surface area contributed by atoms with Crippen LogP contribution in [0, 0.1) is 6.92 Å². The van der Waals surface area contributed by atoms with E-state index in [2.05, 4.69) is 21.2 Å². The smallest absolute Gasteiger partial charge is 0.267 e. The van der Waals surface area contributed by atoms with Gasteiger partial charge in [0.25, 0.3) is 5.56 Å². The fourth-order valence-electron chi connectivity index (χ4n) is 4.08. The molecule has 5 rings (SSSR count). The lowest BCUT2D eigenvalue weighted by Gasteiger charge is -2.14. The number of aryl methyl sites for hydroxylation is 3. The molecule has 1 amide bonds. The van der Waals surface area contributed by atoms with E-state index in [1.165, 1.54) is 22.2 Å². The third-order valence-electron chi connectivity index (χ3n) is 5.73. The van der Waals surface area contributed by atoms with Gasteiger partial charge in [0.05, 0.1) is 22.5 Å². The highest BCUT2D eigenvalue weighted by Gasteiger charge is 2.23. The lowest BCUT2D eigenvalue weighted by molar-refractivity contribution is -0.113. The number of aromatic nitrogens is 2. The van der Waals surface area contributed by atoms with Gasteiger partial charge >= 0.3 is 0 Å². The molecule has 33 heavy (non-hydrogen) atoms. The molecule has 0 saturated carbocycles. The number of hydrogen-bond donors (Lipinski definition) is 1. The summed E-state index contributed by atoms with van der Waals surface area (Å²) in [4.78, 5) is 33.4. The molecular formula is C25H22BrN3O2S2. The van der Waals surface area contributed by atoms with Crippen molar-refractivity contribution in [1.29, 1.82) is 0 Å². The van der Waals surface area contributed by atoms with Crippen LogP contribution in [0.3, 0.4) is 0 Å². The number of thiophene rings is 1. The molecule has 8 heteroatoms. The van der Waals surface area contributed by atoms with E-state index in [1.54, 1.807) is 15.9 Å². The number of hydrogen-bond acceptors (Lipinski definition) is 5. The highest BCUT2D eigenvalue weighted by atomic mass is 79.9. The Kier molecular flexibility index (Phi) is 6.40. The van der Waals surface area contributed by atoms with Crippen LogP contribution in [0.4, 0.5) is 5.69 Å². The van der Waals surface area contributed by atoms with E-state index < -0.39 is 0 Å². The monoisotopic (exact) mass is 539 g/mol. The van der Waals surface area contributed by atoms with Crippen LogP contribution in [0.5, 0.6) is 0 Å². The minimum Gasteiger partial charge on any atom is -0.324 e. The molecule has 0 atom stereocenters. The third kappa shape index (κ3) is 4.52. The van der Waals surface area contributed by atoms with E-state index in [-0.39, 0.29) is 17.2 Å². The summed E-state index contributed by atoms with van der Waals surface area (Å²) in [5.74, 6) is -0.00172. The summed E-state index contributed by atoms with van der Waals surface area (Å²) < 4.78 is 2.49. The molecule has 0 unspecified atom stereocenters. The zero-order valence-corrected chi connectivity index (χ0v) is 21.3. The Hall–Kier alpha value is -2.42. The molecule has 0 aliphatic heterocycles. The Morgan fingerprint density at radius 2 is 1.91 bits per heavy atom. The molecule has 1 aliphatic rings. The lowest BCUT2D eigenvalue weighted by atomic mass is 9.97. The van der Waals surface area contributed by atoms with Crippen LogP contribution in [0.1, 0.15) is 28.8 Å². The topological polar surface area (TPSA) is 64.0 Å². The number of para-hydroxylation sites is 1. The summed E-state index contributed by atoms with van der Waals surface area (Å²) >= 11 is 6.37. The molecule has 1 aliphatic carbocycles. The fraction of sp³-hybridized carbons (Fsp3) is 0.240. The minimum atomic E-state index is -0.151. The third-order valence-corrected chi connectivity index (χ3v) is 8.55. The van der Waals surface area contributed by atoms with Gasteiger partial charge in [-0.05, 0) is 78.4 Å². The maximum atomic E-state index is 13.8. The van der Waals surface area contributed by atoms with Gasteiger partial charge < -0.3 is 5.32 Å². The van der Waals surface area contributed by atoms with Gasteiger partial charge in [-0.25, -0.2) is 4.98 Å². The molecule has 0 saturated heterocycles. The summed E-state index contributed by atoms with van der Waals surface area (Å²) in [6, 6.07) is 15.3. The molecule has 0 bridgehead atoms. The van der Waals surface area contributed by atoms with E-state index in [0.717, 1.165) is 51.6 Å². The zero-order chi connectivity index (χ0) is 22.9. The molecule has 2 heterocycles. The Morgan fingerprint density at radius 3 is 2.70 bits per heavy atom. The second-order valence-electron chi connectivity index (χ2n) is 8.08. The number of anilines is 1. The number of amides is 1. The number of rotatable bonds is 5. The molecule has 0 radical (unpaired) electrons. The normalized spacial score (nSPS) is 13.2. The second kappa shape index (κ2) is 9.44. The predicted molar refractivity (Wildman–Crippen MR) is 140 cm³/mol. The van der Waals surface area contributed by atoms with Gasteiger partial charge in [0.2, 0.25) is 5.91 Å². The summed E-state index contributed by atoms with van der Waals surface area (Å²) in [6.07, 6.45) is 4.20. The van der Waals surface area contributed by atoms with Crippen LogP contribution in [-0.2, 0) is 17.6 Å². The van der Waals surface area contributed by atoms with Crippen molar-refractivity contribution in [2.75, 3.05) is 11.1 Å². The van der Waals surface area contributed by atoms with Crippen molar-refractivity contribution in [3.05, 3.63) is 79.4 Å². The Balaban J connectivity index is 1.53. The maximum Gasteiger partial charge on any atom is 0.267 e. The number of nitrogens with one attached hydrogen (secondary N) is 1. The predicted octanol–water partition coefficient (Wildman–Crippen LogP) is 6.13. The SMILES string of the molecule is Cc1ccc(-n2c(SCC(=O)Nc3ccccc3Br)nc3sc4c(c3c2=O)CCCC4)cc1. The van der Waals surface area contributed by atoms with Crippen LogP contribution in [-0.4, -0.2) is 21.2 Å². The van der Waals surface area contributed by atoms with Gasteiger partial charge in [-0.15, -0.1) is 11.3 Å². The van der Waals surface area contributed by atoms with Crippen molar-refractivity contribution in [3.8, 4) is 5.69 Å². The first-order valence-electron chi connectivity index (χ1n) is 10.8. The second-order valence-corrected chi connectivity index (χ2v) is 11.0. The first kappa shape index (κ1) is 22.4. The maximum absolute atomic E-state index is 13.8. The Bertz CT molecular complexity index is 1410. The number of nitrogens with zero attached hydrogens (tertiary/aromatic N) is 2. The number of carbonyl (C=O) groups is 1. The number of benzene rings is 2. The van der Waals surface area contributed by atoms with Crippen LogP contribution in [0.15, 0.2) is 63.0 Å². The first-order valence-corrected chi connectivity index (χ1v) is 13.4. The van der Waals surface area contributed by atoms with Gasteiger partial charge in [0, 0.05) is 9.35 Å². The molecule has 1 N–H and O–H groups in total. The molecule has 0 fully saturated rings. The van der Waals surface area contributed by atoms with Crippen molar-refractivity contribution in [2.45, 2.75) is 37.8 Å². The standard InChI is InChI=1S/C25H22BrN3O2S2/c1-15-10-12-16(13-11-15)29-24(31)22-17-6-2-5-9-20(17)33-23(22)28-25(29)32-14-21(30)27-19-8-4-3-7-18(19)26/h3-4,7-8,10-13H,2,5-6,9,14H2,1H3,(H,27,30). The number of carbonyl (C=O) groups excluding carboxylic acids is 1. The highest BCUT2D eigenvalue weighted by molar-refractivity contribution is 9.10. The van der Waals surface area contributed by atoms with Gasteiger partial charge in [-0.1, -0.05) is 41.6 Å². The Labute approximate surface area is 208 Å². The lowest BCUT2D eigenvalue weighted by Crippen LogP contribution is -2.23. The number of halogens is 1. The molecular weight excluding hydrogens is 518 g/mol. The molecule has 5 nitrogen and oxygen atoms in total. The summed E-state index contributed by atoms with van der Waals surface area (Å²) in [6.45, 7) is 2.02. The van der Waals surface area contributed by atoms with Crippen molar-refractivity contribution in [2.24, 2.45) is 0 Å². The molecule has 0 spiro atoms. The highest BCUT2D eigenvalue weighted by Crippen LogP contribution is 2.35. The minimum absolute atomic E-state index is 0.0445. The first-order chi connectivity index (χ1) is 16.0. The van der Waals surface area contributed by atoms with Crippen molar-refractivity contribution < 1.29 is 4.79 Å². The van der Waals surface area contributed by atoms with Crippen LogP contribution < -0.4 is 10.9 Å². The van der Waals surface area contributed by atoms with E-state index in [9.17, 15) is 9.59 Å². The van der Waals surface area contributed by atoms with Crippen LogP contribution in [0.25, 0.3) is 15.9 Å². The summed E-state index contributed by atoms with van der Waals surface area (Å²) in [5, 5.41) is 4.21. The summed E-state index contributed by atoms with van der Waals surface area (Å²) in [7, 11) is 0. The van der Waals surface area contributed by atoms with Crippen molar-refractivity contribution in [1.82, 2.24) is 9.55 Å². The van der Waals surface area contributed by atoms with Gasteiger partial charge in [0.1, 0.15) is 4.83 Å². The van der Waals surface area contributed by atoms with Crippen molar-refractivity contribution in [3.63, 3.8) is 0 Å². The van der Waals surface area contributed by atoms with Crippen LogP contribution in [0.2, 0.25) is 0 Å². The Morgan fingerprint density at radius 1 is 1.15 bits per heavy atom. The molecule has 2 aromatic carbocycles. The zero-order valence-electron chi connectivity index (χ0n) is 18.1. The average molecular weight is 541 g/mol. The molecule has 2 aromatic heterocycles. The van der Waals surface area contributed by atoms with E-state index in [4.69, 9.17) is 4.98 Å². The quantitative estimate of drug-likeness (QED) is 0.245. The molecule has 168 valence electrons. The largest absolute Gasteiger partial charge is 0.324 e. The summed E-state index contributed by atoms with van der Waals surface area (Å²) in [5.41, 5.74) is 3.73. The van der Waals surface area contributed by atoms with E-state index in [1.807, 2.05) is 55.5 Å². The molecule has 4 aromatic rings. The fourth-order valence-corrected chi connectivity index (χ4v) is 6.58. The number of thioether (sulfide) groups is 1. The van der Waals surface area contributed by atoms with Gasteiger partial charge in [0.15, 0.2) is 5.16 Å². The van der Waals surface area contributed by atoms with E-state index in [0.29, 0.717) is 10.8 Å². The van der Waals surface area contributed by atoms with Crippen molar-refractivity contribution >= 4 is 60.8 Å². The van der Waals surface area contributed by atoms with E-state index >= 15 is 0 Å².